The van der Waals surface area contributed by atoms with Gasteiger partial charge in [0, 0.05) is 12.1 Å². The van der Waals surface area contributed by atoms with Gasteiger partial charge in [-0.25, -0.2) is 4.98 Å². The molecule has 1 saturated heterocycles. The van der Waals surface area contributed by atoms with Crippen molar-refractivity contribution in [3.8, 4) is 5.75 Å². The fourth-order valence-electron chi connectivity index (χ4n) is 3.62. The number of nitrogens with zero attached hydrogens (tertiary/aromatic N) is 2. The molecule has 6 heteroatoms. The topological polar surface area (TPSA) is 54.5 Å². The molecule has 1 aliphatic heterocycles. The number of aromatic nitrogens is 1. The highest BCUT2D eigenvalue weighted by atomic mass is 32.1. The predicted octanol–water partition coefficient (Wildman–Crippen LogP) is 3.87. The van der Waals surface area contributed by atoms with Crippen LogP contribution in [0.5, 0.6) is 5.75 Å². The zero-order chi connectivity index (χ0) is 18.6. The molecule has 1 fully saturated rings. The number of carbonyl (C=O) groups excluding carboxylic acids is 1. The molecule has 2 aromatic carbocycles. The smallest absolute Gasteiger partial charge is 0.251 e. The van der Waals surface area contributed by atoms with Gasteiger partial charge in [-0.05, 0) is 61.8 Å². The van der Waals surface area contributed by atoms with E-state index in [1.807, 2.05) is 30.3 Å². The van der Waals surface area contributed by atoms with Crippen molar-refractivity contribution in [1.82, 2.24) is 15.2 Å². The predicted molar refractivity (Wildman–Crippen MR) is 108 cm³/mol. The summed E-state index contributed by atoms with van der Waals surface area (Å²) >= 11 is 1.55. The first-order chi connectivity index (χ1) is 13.2. The van der Waals surface area contributed by atoms with Crippen LogP contribution in [0, 0.1) is 0 Å². The summed E-state index contributed by atoms with van der Waals surface area (Å²) in [7, 11) is 1.67. The van der Waals surface area contributed by atoms with Crippen LogP contribution < -0.4 is 10.1 Å². The normalized spacial score (nSPS) is 15.7. The van der Waals surface area contributed by atoms with Crippen LogP contribution in [0.15, 0.2) is 48.0 Å². The maximum Gasteiger partial charge on any atom is 0.251 e. The van der Waals surface area contributed by atoms with Crippen molar-refractivity contribution in [3.63, 3.8) is 0 Å². The molecule has 5 nitrogen and oxygen atoms in total. The molecule has 0 radical (unpaired) electrons. The first-order valence-corrected chi connectivity index (χ1v) is 10.1. The Balaban J connectivity index is 1.49. The van der Waals surface area contributed by atoms with Crippen LogP contribution in [-0.4, -0.2) is 42.5 Å². The molecule has 140 valence electrons. The Labute approximate surface area is 163 Å². The van der Waals surface area contributed by atoms with E-state index in [-0.39, 0.29) is 11.9 Å². The number of rotatable bonds is 6. The number of likely N-dealkylation sites (tertiary alicyclic amines) is 1. The number of benzene rings is 2. The average Bonchev–Trinajstić information content (AvgIpc) is 3.40. The minimum atomic E-state index is -0.0389. The second kappa shape index (κ2) is 8.06. The Bertz CT molecular complexity index is 917. The van der Waals surface area contributed by atoms with Gasteiger partial charge in [-0.2, -0.15) is 0 Å². The highest BCUT2D eigenvalue weighted by Gasteiger charge is 2.24. The van der Waals surface area contributed by atoms with Crippen LogP contribution in [0.3, 0.4) is 0 Å². The van der Waals surface area contributed by atoms with Gasteiger partial charge in [0.2, 0.25) is 0 Å². The molecule has 1 amide bonds. The highest BCUT2D eigenvalue weighted by molar-refractivity contribution is 7.16. The van der Waals surface area contributed by atoms with Crippen molar-refractivity contribution in [1.29, 1.82) is 0 Å². The lowest BCUT2D eigenvalue weighted by molar-refractivity contribution is 0.0938. The molecule has 0 spiro atoms. The lowest BCUT2D eigenvalue weighted by Crippen LogP contribution is -2.36. The molecule has 2 heterocycles. The molecule has 4 rings (SSSR count). The molecule has 1 aromatic heterocycles. The van der Waals surface area contributed by atoms with Gasteiger partial charge < -0.3 is 10.1 Å². The Morgan fingerprint density at radius 1 is 1.22 bits per heavy atom. The molecule has 1 N–H and O–H groups in total. The first-order valence-electron chi connectivity index (χ1n) is 9.24. The minimum Gasteiger partial charge on any atom is -0.497 e. The molecule has 0 saturated carbocycles. The third-order valence-corrected chi connectivity index (χ3v) is 5.92. The highest BCUT2D eigenvalue weighted by Crippen LogP contribution is 2.26. The molecule has 0 unspecified atom stereocenters. The van der Waals surface area contributed by atoms with Gasteiger partial charge in [0.15, 0.2) is 0 Å². The summed E-state index contributed by atoms with van der Waals surface area (Å²) in [5, 5.41) is 3.13. The van der Waals surface area contributed by atoms with Gasteiger partial charge in [-0.15, -0.1) is 11.3 Å². The van der Waals surface area contributed by atoms with E-state index in [0.29, 0.717) is 12.1 Å². The van der Waals surface area contributed by atoms with Crippen LogP contribution in [0.25, 0.3) is 10.2 Å². The second-order valence-corrected chi connectivity index (χ2v) is 7.66. The van der Waals surface area contributed by atoms with Crippen molar-refractivity contribution >= 4 is 27.5 Å². The van der Waals surface area contributed by atoms with Crippen molar-refractivity contribution in [2.75, 3.05) is 26.7 Å². The van der Waals surface area contributed by atoms with E-state index in [4.69, 9.17) is 4.74 Å². The summed E-state index contributed by atoms with van der Waals surface area (Å²) in [5.41, 5.74) is 4.63. The van der Waals surface area contributed by atoms with Gasteiger partial charge in [-0.3, -0.25) is 9.69 Å². The number of thiazole rings is 1. The second-order valence-electron chi connectivity index (χ2n) is 6.78. The Morgan fingerprint density at radius 3 is 2.74 bits per heavy atom. The lowest BCUT2D eigenvalue weighted by atomic mass is 10.0. The molecular weight excluding hydrogens is 358 g/mol. The van der Waals surface area contributed by atoms with E-state index >= 15 is 0 Å². The van der Waals surface area contributed by atoms with Crippen LogP contribution in [-0.2, 0) is 0 Å². The summed E-state index contributed by atoms with van der Waals surface area (Å²) in [5.74, 6) is 0.809. The Morgan fingerprint density at radius 2 is 2.00 bits per heavy atom. The van der Waals surface area contributed by atoms with Gasteiger partial charge in [0.1, 0.15) is 5.75 Å². The van der Waals surface area contributed by atoms with E-state index in [9.17, 15) is 4.79 Å². The fourth-order valence-corrected chi connectivity index (χ4v) is 4.34. The van der Waals surface area contributed by atoms with Crippen molar-refractivity contribution in [2.45, 2.75) is 18.9 Å². The maximum absolute atomic E-state index is 12.7. The molecule has 3 aromatic rings. The third-order valence-electron chi connectivity index (χ3n) is 5.13. The summed E-state index contributed by atoms with van der Waals surface area (Å²) in [4.78, 5) is 19.4. The van der Waals surface area contributed by atoms with Crippen LogP contribution in [0.2, 0.25) is 0 Å². The minimum absolute atomic E-state index is 0.0389. The summed E-state index contributed by atoms with van der Waals surface area (Å²) in [6, 6.07) is 14.0. The maximum atomic E-state index is 12.7. The Kier molecular flexibility index (Phi) is 5.36. The van der Waals surface area contributed by atoms with Crippen molar-refractivity contribution in [2.24, 2.45) is 0 Å². The first kappa shape index (κ1) is 17.9. The van der Waals surface area contributed by atoms with E-state index in [0.717, 1.165) is 29.1 Å². The van der Waals surface area contributed by atoms with Gasteiger partial charge in [0.05, 0.1) is 28.9 Å². The Hall–Kier alpha value is -2.44. The van der Waals surface area contributed by atoms with Crippen molar-refractivity contribution in [3.05, 3.63) is 59.1 Å². The number of fused-ring (bicyclic) bond motifs is 1. The van der Waals surface area contributed by atoms with E-state index < -0.39 is 0 Å². The molecule has 1 atom stereocenters. The quantitative estimate of drug-likeness (QED) is 0.704. The largest absolute Gasteiger partial charge is 0.497 e. The number of nitrogens with one attached hydrogen (secondary N) is 1. The van der Waals surface area contributed by atoms with E-state index in [1.54, 1.807) is 24.0 Å². The third kappa shape index (κ3) is 3.96. The van der Waals surface area contributed by atoms with Gasteiger partial charge in [0.25, 0.3) is 5.91 Å². The van der Waals surface area contributed by atoms with E-state index in [1.165, 1.54) is 18.4 Å². The molecule has 0 aliphatic carbocycles. The zero-order valence-electron chi connectivity index (χ0n) is 15.4. The summed E-state index contributed by atoms with van der Waals surface area (Å²) in [6.07, 6.45) is 2.42. The number of hydrogen-bond acceptors (Lipinski definition) is 5. The summed E-state index contributed by atoms with van der Waals surface area (Å²) < 4.78 is 6.31. The fraction of sp³-hybridized carbons (Fsp3) is 0.333. The molecule has 27 heavy (non-hydrogen) atoms. The summed E-state index contributed by atoms with van der Waals surface area (Å²) in [6.45, 7) is 2.73. The van der Waals surface area contributed by atoms with Crippen LogP contribution >= 0.6 is 11.3 Å². The molecular formula is C21H23N3O2S. The monoisotopic (exact) mass is 381 g/mol. The number of amides is 1. The molecule has 1 aliphatic rings. The van der Waals surface area contributed by atoms with Gasteiger partial charge in [-0.1, -0.05) is 12.1 Å². The van der Waals surface area contributed by atoms with Crippen LogP contribution in [0.1, 0.15) is 34.8 Å². The lowest BCUT2D eigenvalue weighted by Gasteiger charge is -2.28. The van der Waals surface area contributed by atoms with Crippen molar-refractivity contribution < 1.29 is 9.53 Å². The number of hydrogen-bond donors (Lipinski definition) is 1. The number of ether oxygens (including phenoxy) is 1. The van der Waals surface area contributed by atoms with E-state index in [2.05, 4.69) is 27.3 Å². The van der Waals surface area contributed by atoms with Crippen LogP contribution in [0.4, 0.5) is 0 Å². The number of carbonyl (C=O) groups is 1. The zero-order valence-corrected chi connectivity index (χ0v) is 16.2. The van der Waals surface area contributed by atoms with Gasteiger partial charge >= 0.3 is 0 Å². The average molecular weight is 382 g/mol. The standard InChI is InChI=1S/C21H23N3O2S/c1-26-17-7-4-15(5-8-17)19(24-10-2-3-11-24)13-22-21(25)16-6-9-18-20(12-16)27-14-23-18/h4-9,12,14,19H,2-3,10-11,13H2,1H3,(H,22,25)/t19-/m1/s1. The number of methoxy groups -OCH3 is 1. The molecule has 0 bridgehead atoms. The SMILES string of the molecule is COc1ccc([C@@H](CNC(=O)c2ccc3ncsc3c2)N2CCCC2)cc1.